The number of aromatic nitrogens is 3. The summed E-state index contributed by atoms with van der Waals surface area (Å²) in [6, 6.07) is 16.4. The highest BCUT2D eigenvalue weighted by atomic mass is 16.5. The first-order chi connectivity index (χ1) is 18.7. The van der Waals surface area contributed by atoms with Gasteiger partial charge >= 0.3 is 0 Å². The number of hydrogen-bond acceptors (Lipinski definition) is 7. The molecule has 8 nitrogen and oxygen atoms in total. The summed E-state index contributed by atoms with van der Waals surface area (Å²) < 4.78 is 14.4. The Labute approximate surface area is 223 Å². The maximum atomic E-state index is 9.33. The normalized spacial score (nSPS) is 14.4. The lowest BCUT2D eigenvalue weighted by molar-refractivity contribution is 0.141. The van der Waals surface area contributed by atoms with E-state index in [2.05, 4.69) is 69.3 Å². The third kappa shape index (κ3) is 6.39. The third-order valence-electron chi connectivity index (χ3n) is 6.60. The minimum atomic E-state index is 0.149. The molecule has 0 spiro atoms. The number of rotatable bonds is 8. The van der Waals surface area contributed by atoms with Gasteiger partial charge in [-0.2, -0.15) is 0 Å². The van der Waals surface area contributed by atoms with Crippen molar-refractivity contribution in [3.8, 4) is 17.0 Å². The predicted octanol–water partition coefficient (Wildman–Crippen LogP) is 5.01. The molecule has 2 aromatic heterocycles. The number of allylic oxidation sites excluding steroid dienone is 1. The molecule has 8 heteroatoms. The summed E-state index contributed by atoms with van der Waals surface area (Å²) in [7, 11) is 0. The number of anilines is 2. The second-order valence-corrected chi connectivity index (χ2v) is 9.35. The molecule has 3 heterocycles. The molecule has 2 aromatic carbocycles. The number of ether oxygens (including phenoxy) is 2. The zero-order valence-corrected chi connectivity index (χ0v) is 21.8. The van der Waals surface area contributed by atoms with Crippen LogP contribution in [-0.2, 0) is 17.9 Å². The molecule has 0 aliphatic carbocycles. The number of benzene rings is 2. The molecule has 0 amide bonds. The highest BCUT2D eigenvalue weighted by molar-refractivity contribution is 5.85. The molecule has 6 bridgehead atoms. The summed E-state index contributed by atoms with van der Waals surface area (Å²) in [6.45, 7) is 6.86. The Bertz CT molecular complexity index is 1380. The average molecular weight is 514 g/mol. The van der Waals surface area contributed by atoms with Gasteiger partial charge in [0.1, 0.15) is 12.4 Å². The van der Waals surface area contributed by atoms with Crippen molar-refractivity contribution in [3.63, 3.8) is 0 Å². The molecule has 0 fully saturated rings. The number of nitrogens with one attached hydrogen (secondary N) is 1. The molecule has 198 valence electrons. The summed E-state index contributed by atoms with van der Waals surface area (Å²) in [5.74, 6) is 1.32. The van der Waals surface area contributed by atoms with E-state index in [1.807, 2.05) is 24.3 Å². The first-order valence-corrected chi connectivity index (χ1v) is 13.2. The van der Waals surface area contributed by atoms with Crippen LogP contribution >= 0.6 is 0 Å². The van der Waals surface area contributed by atoms with Crippen LogP contribution in [0.1, 0.15) is 18.9 Å². The highest BCUT2D eigenvalue weighted by Crippen LogP contribution is 2.28. The van der Waals surface area contributed by atoms with E-state index >= 15 is 0 Å². The zero-order chi connectivity index (χ0) is 26.2. The molecule has 0 radical (unpaired) electrons. The van der Waals surface area contributed by atoms with E-state index in [1.165, 1.54) is 5.39 Å². The molecule has 1 aliphatic rings. The third-order valence-corrected chi connectivity index (χ3v) is 6.60. The van der Waals surface area contributed by atoms with Gasteiger partial charge in [-0.1, -0.05) is 31.2 Å². The summed E-state index contributed by atoms with van der Waals surface area (Å²) >= 11 is 0. The fourth-order valence-corrected chi connectivity index (χ4v) is 4.69. The minimum Gasteiger partial charge on any atom is -0.492 e. The lowest BCUT2D eigenvalue weighted by Gasteiger charge is -2.21. The van der Waals surface area contributed by atoms with Gasteiger partial charge in [0.05, 0.1) is 25.5 Å². The van der Waals surface area contributed by atoms with Gasteiger partial charge in [0, 0.05) is 54.4 Å². The van der Waals surface area contributed by atoms with E-state index < -0.39 is 0 Å². The first-order valence-electron chi connectivity index (χ1n) is 13.2. The minimum absolute atomic E-state index is 0.149. The smallest absolute Gasteiger partial charge is 0.227 e. The van der Waals surface area contributed by atoms with Crippen LogP contribution in [0.3, 0.4) is 0 Å². The summed E-state index contributed by atoms with van der Waals surface area (Å²) in [5, 5.41) is 13.9. The van der Waals surface area contributed by atoms with Crippen LogP contribution in [0.2, 0.25) is 0 Å². The quantitative estimate of drug-likeness (QED) is 0.320. The Morgan fingerprint density at radius 3 is 2.92 bits per heavy atom. The molecule has 2 N–H and O–H groups in total. The second kappa shape index (κ2) is 12.7. The van der Waals surface area contributed by atoms with Gasteiger partial charge in [-0.15, -0.1) is 0 Å². The fraction of sp³-hybridized carbons (Fsp3) is 0.333. The molecule has 38 heavy (non-hydrogen) atoms. The Kier molecular flexibility index (Phi) is 8.65. The van der Waals surface area contributed by atoms with Crippen molar-refractivity contribution in [1.82, 2.24) is 19.4 Å². The van der Waals surface area contributed by atoms with Crippen molar-refractivity contribution >= 4 is 22.5 Å². The van der Waals surface area contributed by atoms with E-state index in [0.717, 1.165) is 59.8 Å². The van der Waals surface area contributed by atoms with Crippen LogP contribution in [0.25, 0.3) is 22.2 Å². The molecule has 0 unspecified atom stereocenters. The largest absolute Gasteiger partial charge is 0.492 e. The van der Waals surface area contributed by atoms with Gasteiger partial charge in [0.2, 0.25) is 5.95 Å². The Balaban J connectivity index is 1.39. The standard InChI is InChI=1S/C30H35N5O3/c1-2-12-34(15-17-36)16-19-38-29-8-7-26-20-25(29)22-37-18-4-3-13-35-14-10-23-5-6-24(21-28(23)35)27-9-11-31-30(32-26)33-27/h3-11,14,20-21,36H,2,12-13,15-19,22H2,1H3,(H,31,32,33)/b4-3+. The molecule has 4 aromatic rings. The van der Waals surface area contributed by atoms with Crippen LogP contribution < -0.4 is 10.1 Å². The topological polar surface area (TPSA) is 84.7 Å². The number of hydrogen-bond donors (Lipinski definition) is 2. The predicted molar refractivity (Wildman–Crippen MR) is 151 cm³/mol. The van der Waals surface area contributed by atoms with Gasteiger partial charge in [-0.25, -0.2) is 9.97 Å². The molecule has 5 rings (SSSR count). The lowest BCUT2D eigenvalue weighted by Crippen LogP contribution is -2.31. The number of fused-ring (bicyclic) bond motifs is 6. The van der Waals surface area contributed by atoms with Gasteiger partial charge < -0.3 is 24.5 Å². The summed E-state index contributed by atoms with van der Waals surface area (Å²) in [4.78, 5) is 11.4. The molecule has 0 saturated heterocycles. The van der Waals surface area contributed by atoms with Crippen molar-refractivity contribution < 1.29 is 14.6 Å². The molecule has 0 atom stereocenters. The van der Waals surface area contributed by atoms with E-state index in [-0.39, 0.29) is 6.61 Å². The van der Waals surface area contributed by atoms with E-state index in [0.29, 0.717) is 32.3 Å². The monoisotopic (exact) mass is 513 g/mol. The van der Waals surface area contributed by atoms with Gasteiger partial charge in [-0.3, -0.25) is 4.90 Å². The maximum absolute atomic E-state index is 9.33. The molecular formula is C30H35N5O3. The van der Waals surface area contributed by atoms with Gasteiger partial charge in [-0.05, 0) is 54.8 Å². The number of aliphatic hydroxyl groups is 1. The number of nitrogens with zero attached hydrogens (tertiary/aromatic N) is 4. The van der Waals surface area contributed by atoms with Crippen LogP contribution in [0.15, 0.2) is 73.1 Å². The van der Waals surface area contributed by atoms with Crippen molar-refractivity contribution in [3.05, 3.63) is 78.6 Å². The Morgan fingerprint density at radius 1 is 1.08 bits per heavy atom. The van der Waals surface area contributed by atoms with Gasteiger partial charge in [0.15, 0.2) is 0 Å². The lowest BCUT2D eigenvalue weighted by atomic mass is 10.1. The Morgan fingerprint density at radius 2 is 2.03 bits per heavy atom. The van der Waals surface area contributed by atoms with E-state index in [1.54, 1.807) is 6.20 Å². The van der Waals surface area contributed by atoms with Crippen molar-refractivity contribution in [2.45, 2.75) is 26.5 Å². The molecule has 0 saturated carbocycles. The fourth-order valence-electron chi connectivity index (χ4n) is 4.69. The maximum Gasteiger partial charge on any atom is 0.227 e. The number of aliphatic hydroxyl groups excluding tert-OH is 1. The van der Waals surface area contributed by atoms with E-state index in [9.17, 15) is 5.11 Å². The van der Waals surface area contributed by atoms with E-state index in [4.69, 9.17) is 14.5 Å². The van der Waals surface area contributed by atoms with Crippen LogP contribution in [0.5, 0.6) is 5.75 Å². The Hall–Kier alpha value is -3.72. The van der Waals surface area contributed by atoms with Crippen LogP contribution in [-0.4, -0.2) is 64.0 Å². The van der Waals surface area contributed by atoms with Gasteiger partial charge in [0.25, 0.3) is 0 Å². The average Bonchev–Trinajstić information content (AvgIpc) is 3.34. The molecular weight excluding hydrogens is 478 g/mol. The van der Waals surface area contributed by atoms with Crippen molar-refractivity contribution in [2.24, 2.45) is 0 Å². The zero-order valence-electron chi connectivity index (χ0n) is 21.8. The van der Waals surface area contributed by atoms with Crippen molar-refractivity contribution in [1.29, 1.82) is 0 Å². The highest BCUT2D eigenvalue weighted by Gasteiger charge is 2.11. The van der Waals surface area contributed by atoms with Crippen LogP contribution in [0.4, 0.5) is 11.6 Å². The SMILES string of the molecule is CCCN(CCO)CCOc1ccc2cc1COC/C=C/Cn1ccc3ccc(cc31)-c1ccnc(n1)N2. The van der Waals surface area contributed by atoms with Crippen molar-refractivity contribution in [2.75, 3.05) is 44.8 Å². The first kappa shape index (κ1) is 25.9. The second-order valence-electron chi connectivity index (χ2n) is 9.35. The van der Waals surface area contributed by atoms with Crippen LogP contribution in [0, 0.1) is 0 Å². The summed E-state index contributed by atoms with van der Waals surface area (Å²) in [6.07, 6.45) is 9.11. The molecule has 1 aliphatic heterocycles. The summed E-state index contributed by atoms with van der Waals surface area (Å²) in [5.41, 5.74) is 4.88.